The SMILES string of the molecule is CC1NCCOC1(C)C.O=CC(C(=O)O)C(O)(CC(=O)O)C(=O)O.O=CC(C(=O)O)C(O)(CC(=O)O)C(=O)O. The van der Waals surface area contributed by atoms with E-state index in [-0.39, 0.29) is 18.2 Å². The molecule has 222 valence electrons. The van der Waals surface area contributed by atoms with Crippen LogP contribution in [0.3, 0.4) is 0 Å². The minimum atomic E-state index is -3.14. The van der Waals surface area contributed by atoms with Gasteiger partial charge in [-0.05, 0) is 20.8 Å². The average Bonchev–Trinajstić information content (AvgIpc) is 2.75. The zero-order valence-corrected chi connectivity index (χ0v) is 21.0. The van der Waals surface area contributed by atoms with E-state index in [0.717, 1.165) is 13.2 Å². The molecule has 5 atom stereocenters. The highest BCUT2D eigenvalue weighted by atomic mass is 16.5. The first kappa shape index (κ1) is 37.2. The van der Waals surface area contributed by atoms with Gasteiger partial charge < -0.3 is 60.5 Å². The molecule has 9 N–H and O–H groups in total. The Balaban J connectivity index is 0. The van der Waals surface area contributed by atoms with Gasteiger partial charge in [0.1, 0.15) is 12.6 Å². The molecule has 1 heterocycles. The second-order valence-corrected chi connectivity index (χ2v) is 8.63. The number of nitrogens with one attached hydrogen (secondary N) is 1. The Hall–Kier alpha value is -4.00. The molecule has 0 spiro atoms. The summed E-state index contributed by atoms with van der Waals surface area (Å²) in [7, 11) is 0. The minimum Gasteiger partial charge on any atom is -0.481 e. The highest BCUT2D eigenvalue weighted by molar-refractivity contribution is 5.98. The third-order valence-corrected chi connectivity index (χ3v) is 5.48. The first-order valence-electron chi connectivity index (χ1n) is 10.7. The first-order valence-corrected chi connectivity index (χ1v) is 10.7. The molecule has 18 nitrogen and oxygen atoms in total. The van der Waals surface area contributed by atoms with Gasteiger partial charge in [0.25, 0.3) is 0 Å². The normalized spacial score (nSPS) is 20.3. The summed E-state index contributed by atoms with van der Waals surface area (Å²) < 4.78 is 5.52. The molecule has 1 aliphatic rings. The zero-order valence-electron chi connectivity index (χ0n) is 21.0. The number of aliphatic hydroxyl groups is 2. The van der Waals surface area contributed by atoms with Crippen LogP contribution < -0.4 is 5.32 Å². The Morgan fingerprint density at radius 1 is 0.821 bits per heavy atom. The lowest BCUT2D eigenvalue weighted by atomic mass is 9.85. The number of aldehydes is 2. The zero-order chi connectivity index (χ0) is 31.4. The van der Waals surface area contributed by atoms with E-state index < -0.39 is 71.7 Å². The fourth-order valence-electron chi connectivity index (χ4n) is 2.81. The Morgan fingerprint density at radius 2 is 1.15 bits per heavy atom. The lowest BCUT2D eigenvalue weighted by Gasteiger charge is -2.37. The number of hydrogen-bond donors (Lipinski definition) is 9. The Morgan fingerprint density at radius 3 is 1.31 bits per heavy atom. The van der Waals surface area contributed by atoms with Gasteiger partial charge in [-0.2, -0.15) is 0 Å². The van der Waals surface area contributed by atoms with Gasteiger partial charge in [0.2, 0.25) is 0 Å². The van der Waals surface area contributed by atoms with Crippen molar-refractivity contribution < 1.29 is 83.9 Å². The molecule has 18 heteroatoms. The maximum atomic E-state index is 10.5. The molecule has 0 aromatic carbocycles. The second kappa shape index (κ2) is 15.4. The van der Waals surface area contributed by atoms with Gasteiger partial charge in [-0.15, -0.1) is 0 Å². The maximum Gasteiger partial charge on any atom is 0.337 e. The third-order valence-electron chi connectivity index (χ3n) is 5.48. The molecule has 1 aliphatic heterocycles. The molecule has 0 aromatic rings. The molecule has 0 amide bonds. The molecule has 1 fully saturated rings. The standard InChI is InChI=1S/C7H15NO.2C7H8O8/c1-6-7(2,3)9-5-4-8-6;2*8-2-3(5(11)12)7(15,6(13)14)1-4(9)10/h6,8H,4-5H2,1-3H3;2*2-3,15H,1H2,(H,9,10)(H,11,12)(H,13,14). The monoisotopic (exact) mass is 569 g/mol. The number of aliphatic carboxylic acids is 6. The van der Waals surface area contributed by atoms with Crippen LogP contribution in [0.25, 0.3) is 0 Å². The molecular formula is C21H31NO17. The van der Waals surface area contributed by atoms with E-state index in [1.807, 2.05) is 0 Å². The lowest BCUT2D eigenvalue weighted by Crippen LogP contribution is -2.52. The third kappa shape index (κ3) is 11.1. The molecule has 39 heavy (non-hydrogen) atoms. The van der Waals surface area contributed by atoms with Gasteiger partial charge in [-0.25, -0.2) is 9.59 Å². The Kier molecular flexibility index (Phi) is 14.7. The van der Waals surface area contributed by atoms with Crippen LogP contribution in [0, 0.1) is 11.8 Å². The van der Waals surface area contributed by atoms with E-state index in [2.05, 4.69) is 26.1 Å². The highest BCUT2D eigenvalue weighted by Crippen LogP contribution is 2.22. The fourth-order valence-corrected chi connectivity index (χ4v) is 2.81. The highest BCUT2D eigenvalue weighted by Gasteiger charge is 2.51. The number of morpholine rings is 1. The van der Waals surface area contributed by atoms with Crippen molar-refractivity contribution >= 4 is 48.4 Å². The molecule has 0 bridgehead atoms. The van der Waals surface area contributed by atoms with Crippen LogP contribution in [0.1, 0.15) is 33.6 Å². The Bertz CT molecular complexity index is 885. The van der Waals surface area contributed by atoms with Gasteiger partial charge in [-0.3, -0.25) is 19.2 Å². The lowest BCUT2D eigenvalue weighted by molar-refractivity contribution is -0.179. The van der Waals surface area contributed by atoms with Crippen molar-refractivity contribution in [3.63, 3.8) is 0 Å². The van der Waals surface area contributed by atoms with Crippen molar-refractivity contribution in [3.05, 3.63) is 0 Å². The molecular weight excluding hydrogens is 538 g/mol. The number of carboxylic acid groups (broad SMARTS) is 6. The number of rotatable bonds is 12. The van der Waals surface area contributed by atoms with E-state index in [1.54, 1.807) is 0 Å². The van der Waals surface area contributed by atoms with E-state index in [4.69, 9.17) is 35.4 Å². The Labute approximate surface area is 219 Å². The fraction of sp³-hybridized carbons (Fsp3) is 0.619. The van der Waals surface area contributed by atoms with Crippen LogP contribution in [0.4, 0.5) is 0 Å². The van der Waals surface area contributed by atoms with Gasteiger partial charge in [0, 0.05) is 12.6 Å². The molecule has 1 saturated heterocycles. The van der Waals surface area contributed by atoms with Crippen molar-refractivity contribution in [2.75, 3.05) is 13.2 Å². The molecule has 0 saturated carbocycles. The van der Waals surface area contributed by atoms with E-state index in [1.165, 1.54) is 0 Å². The predicted molar refractivity (Wildman–Crippen MR) is 122 cm³/mol. The number of carbonyl (C=O) groups is 8. The molecule has 0 aliphatic carbocycles. The first-order chi connectivity index (χ1) is 17.6. The van der Waals surface area contributed by atoms with Crippen LogP contribution >= 0.6 is 0 Å². The van der Waals surface area contributed by atoms with Crippen LogP contribution in [-0.2, 0) is 43.1 Å². The second-order valence-electron chi connectivity index (χ2n) is 8.63. The van der Waals surface area contributed by atoms with Crippen LogP contribution in [0.2, 0.25) is 0 Å². The number of ether oxygens (including phenoxy) is 1. The summed E-state index contributed by atoms with van der Waals surface area (Å²) in [5.74, 6) is -16.1. The maximum absolute atomic E-state index is 10.5. The van der Waals surface area contributed by atoms with Gasteiger partial charge in [0.15, 0.2) is 23.0 Å². The molecule has 1 rings (SSSR count). The van der Waals surface area contributed by atoms with E-state index in [9.17, 15) is 48.6 Å². The van der Waals surface area contributed by atoms with Crippen molar-refractivity contribution in [1.29, 1.82) is 0 Å². The summed E-state index contributed by atoms with van der Waals surface area (Å²) in [6.45, 7) is 8.22. The molecule has 5 unspecified atom stereocenters. The summed E-state index contributed by atoms with van der Waals surface area (Å²) in [5, 5.41) is 72.4. The van der Waals surface area contributed by atoms with Crippen molar-refractivity contribution in [1.82, 2.24) is 5.32 Å². The number of hydrogen-bond acceptors (Lipinski definition) is 12. The summed E-state index contributed by atoms with van der Waals surface area (Å²) in [4.78, 5) is 82.9. The summed E-state index contributed by atoms with van der Waals surface area (Å²) in [6, 6.07) is 0.478. The van der Waals surface area contributed by atoms with Crippen LogP contribution in [0.15, 0.2) is 0 Å². The number of carbonyl (C=O) groups excluding carboxylic acids is 2. The van der Waals surface area contributed by atoms with Gasteiger partial charge >= 0.3 is 35.8 Å². The quantitative estimate of drug-likeness (QED) is 0.0841. The number of carboxylic acids is 6. The van der Waals surface area contributed by atoms with E-state index in [0.29, 0.717) is 6.04 Å². The average molecular weight is 569 g/mol. The topological polar surface area (TPSA) is 320 Å². The summed E-state index contributed by atoms with van der Waals surface area (Å²) in [6.07, 6.45) is -3.39. The van der Waals surface area contributed by atoms with Crippen molar-refractivity contribution in [2.24, 2.45) is 11.8 Å². The smallest absolute Gasteiger partial charge is 0.337 e. The minimum absolute atomic E-state index is 0.0260. The predicted octanol–water partition coefficient (Wildman–Crippen LogP) is -2.87. The molecule has 0 radical (unpaired) electrons. The summed E-state index contributed by atoms with van der Waals surface area (Å²) in [5.41, 5.74) is -6.25. The van der Waals surface area contributed by atoms with Gasteiger partial charge in [-0.1, -0.05) is 0 Å². The van der Waals surface area contributed by atoms with Crippen molar-refractivity contribution in [3.8, 4) is 0 Å². The summed E-state index contributed by atoms with van der Waals surface area (Å²) >= 11 is 0. The molecule has 0 aromatic heterocycles. The van der Waals surface area contributed by atoms with Gasteiger partial charge in [0.05, 0.1) is 25.0 Å². The van der Waals surface area contributed by atoms with E-state index >= 15 is 0 Å². The van der Waals surface area contributed by atoms with Crippen LogP contribution in [0.5, 0.6) is 0 Å². The largest absolute Gasteiger partial charge is 0.481 e. The van der Waals surface area contributed by atoms with Crippen LogP contribution in [-0.4, -0.2) is 125 Å². The van der Waals surface area contributed by atoms with Crippen molar-refractivity contribution in [2.45, 2.75) is 56.5 Å².